The minimum absolute atomic E-state index is 0.0453. The van der Waals surface area contributed by atoms with Gasteiger partial charge in [-0.1, -0.05) is 12.1 Å². The minimum atomic E-state index is -4.63. The standard InChI is InChI=1S/C19H17BrF4O3S.C7H4BrFO/c1-18(28(25,26)14-4-2-3-13(10-14)19(22,23)24)7-8-27-17(11-18)12-5-6-16(21)15(20)9-12;8-6-3-5(4-10)1-2-7(6)9/h2-6,9-10,17H,7-8,11H2,1H3;1-4H. The number of alkyl halides is 3. The van der Waals surface area contributed by atoms with Gasteiger partial charge in [0.15, 0.2) is 9.84 Å². The molecule has 0 spiro atoms. The summed E-state index contributed by atoms with van der Waals surface area (Å²) in [4.78, 5) is 9.76. The van der Waals surface area contributed by atoms with E-state index >= 15 is 0 Å². The first-order valence-electron chi connectivity index (χ1n) is 11.1. The highest BCUT2D eigenvalue weighted by atomic mass is 79.9. The summed E-state index contributed by atoms with van der Waals surface area (Å²) >= 11 is 6.04. The van der Waals surface area contributed by atoms with Gasteiger partial charge >= 0.3 is 6.18 Å². The molecule has 1 aliphatic rings. The molecule has 3 aromatic carbocycles. The van der Waals surface area contributed by atoms with Crippen LogP contribution in [0.3, 0.4) is 0 Å². The van der Waals surface area contributed by atoms with Crippen molar-refractivity contribution >= 4 is 48.0 Å². The van der Waals surface area contributed by atoms with Crippen molar-refractivity contribution < 1.29 is 39.9 Å². The van der Waals surface area contributed by atoms with E-state index in [1.807, 2.05) is 0 Å². The van der Waals surface area contributed by atoms with Crippen LogP contribution in [0.1, 0.15) is 47.4 Å². The lowest BCUT2D eigenvalue weighted by molar-refractivity contribution is -0.137. The number of halogens is 7. The second-order valence-electron chi connectivity index (χ2n) is 8.76. The first kappa shape index (κ1) is 30.4. The Labute approximate surface area is 233 Å². The van der Waals surface area contributed by atoms with E-state index in [2.05, 4.69) is 31.9 Å². The Balaban J connectivity index is 0.000000336. The molecule has 1 saturated heterocycles. The highest BCUT2D eigenvalue weighted by Gasteiger charge is 2.45. The average molecular weight is 684 g/mol. The third kappa shape index (κ3) is 6.88. The number of hydrogen-bond donors (Lipinski definition) is 0. The molecule has 38 heavy (non-hydrogen) atoms. The lowest BCUT2D eigenvalue weighted by Gasteiger charge is -2.38. The maximum Gasteiger partial charge on any atom is 0.416 e. The van der Waals surface area contributed by atoms with Crippen LogP contribution in [0.2, 0.25) is 0 Å². The van der Waals surface area contributed by atoms with Crippen molar-refractivity contribution in [1.82, 2.24) is 0 Å². The van der Waals surface area contributed by atoms with E-state index in [0.717, 1.165) is 12.1 Å². The van der Waals surface area contributed by atoms with Crippen LogP contribution < -0.4 is 0 Å². The summed E-state index contributed by atoms with van der Waals surface area (Å²) in [6.07, 6.45) is -4.39. The fourth-order valence-corrected chi connectivity index (χ4v) is 6.48. The smallest absolute Gasteiger partial charge is 0.373 e. The molecule has 204 valence electrons. The van der Waals surface area contributed by atoms with Crippen LogP contribution in [0.15, 0.2) is 74.5 Å². The molecule has 0 aliphatic carbocycles. The zero-order valence-corrected chi connectivity index (χ0v) is 23.7. The molecular formula is C26H21Br2F5O4S. The average Bonchev–Trinajstić information content (AvgIpc) is 2.87. The molecule has 0 saturated carbocycles. The van der Waals surface area contributed by atoms with Crippen molar-refractivity contribution in [2.45, 2.75) is 41.7 Å². The zero-order chi connectivity index (χ0) is 28.3. The molecule has 2 unspecified atom stereocenters. The summed E-state index contributed by atoms with van der Waals surface area (Å²) in [5.74, 6) is -0.815. The third-order valence-electron chi connectivity index (χ3n) is 6.08. The molecule has 0 N–H and O–H groups in total. The third-order valence-corrected chi connectivity index (χ3v) is 9.84. The van der Waals surface area contributed by atoms with Crippen LogP contribution in [0.25, 0.3) is 0 Å². The van der Waals surface area contributed by atoms with E-state index in [0.29, 0.717) is 28.0 Å². The number of sulfone groups is 1. The maximum atomic E-state index is 13.5. The van der Waals surface area contributed by atoms with Crippen molar-refractivity contribution in [3.05, 3.63) is 97.9 Å². The van der Waals surface area contributed by atoms with Crippen LogP contribution in [-0.2, 0) is 20.8 Å². The van der Waals surface area contributed by atoms with Crippen molar-refractivity contribution in [2.24, 2.45) is 0 Å². The Bertz CT molecular complexity index is 1430. The summed E-state index contributed by atoms with van der Waals surface area (Å²) < 4.78 is 96.2. The van der Waals surface area contributed by atoms with Gasteiger partial charge in [-0.05, 0) is 106 Å². The Morgan fingerprint density at radius 1 is 0.974 bits per heavy atom. The first-order valence-corrected chi connectivity index (χ1v) is 14.1. The summed E-state index contributed by atoms with van der Waals surface area (Å²) in [7, 11) is -4.07. The monoisotopic (exact) mass is 682 g/mol. The molecular weight excluding hydrogens is 663 g/mol. The van der Waals surface area contributed by atoms with Gasteiger partial charge in [0.1, 0.15) is 17.9 Å². The first-order chi connectivity index (χ1) is 17.7. The predicted octanol–water partition coefficient (Wildman–Crippen LogP) is 8.09. The van der Waals surface area contributed by atoms with Gasteiger partial charge in [0.05, 0.1) is 30.3 Å². The Hall–Kier alpha value is -2.15. The molecule has 2 atom stereocenters. The molecule has 0 radical (unpaired) electrons. The van der Waals surface area contributed by atoms with Crippen LogP contribution in [-0.4, -0.2) is 26.1 Å². The predicted molar refractivity (Wildman–Crippen MR) is 139 cm³/mol. The zero-order valence-electron chi connectivity index (χ0n) is 19.7. The van der Waals surface area contributed by atoms with Crippen molar-refractivity contribution in [3.63, 3.8) is 0 Å². The van der Waals surface area contributed by atoms with E-state index in [9.17, 15) is 35.2 Å². The van der Waals surface area contributed by atoms with Gasteiger partial charge in [0, 0.05) is 12.2 Å². The SMILES string of the molecule is CC1(S(=O)(=O)c2cccc(C(F)(F)F)c2)CCOC(c2ccc(F)c(Br)c2)C1.O=Cc1ccc(F)c(Br)c1. The van der Waals surface area contributed by atoms with Gasteiger partial charge in [-0.2, -0.15) is 13.2 Å². The summed E-state index contributed by atoms with van der Waals surface area (Å²) in [6, 6.07) is 12.1. The Kier molecular flexibility index (Phi) is 9.54. The topological polar surface area (TPSA) is 60.4 Å². The molecule has 0 amide bonds. The number of benzene rings is 3. The second-order valence-corrected chi connectivity index (χ2v) is 12.9. The normalized spacial score (nSPS) is 19.8. The van der Waals surface area contributed by atoms with E-state index in [-0.39, 0.29) is 34.6 Å². The van der Waals surface area contributed by atoms with Crippen LogP contribution >= 0.6 is 31.9 Å². The van der Waals surface area contributed by atoms with E-state index in [4.69, 9.17) is 4.74 Å². The molecule has 3 aromatic rings. The molecule has 0 aromatic heterocycles. The van der Waals surface area contributed by atoms with Crippen molar-refractivity contribution in [2.75, 3.05) is 6.61 Å². The quantitative estimate of drug-likeness (QED) is 0.206. The van der Waals surface area contributed by atoms with Crippen molar-refractivity contribution in [1.29, 1.82) is 0 Å². The number of ether oxygens (including phenoxy) is 1. The number of hydrogen-bond acceptors (Lipinski definition) is 4. The highest BCUT2D eigenvalue weighted by Crippen LogP contribution is 2.43. The van der Waals surface area contributed by atoms with Crippen LogP contribution in [0.5, 0.6) is 0 Å². The lowest BCUT2D eigenvalue weighted by atomic mass is 9.92. The minimum Gasteiger partial charge on any atom is -0.373 e. The van der Waals surface area contributed by atoms with Gasteiger partial charge in [-0.15, -0.1) is 0 Å². The molecule has 12 heteroatoms. The van der Waals surface area contributed by atoms with Crippen LogP contribution in [0.4, 0.5) is 22.0 Å². The van der Waals surface area contributed by atoms with Gasteiger partial charge in [0.2, 0.25) is 0 Å². The van der Waals surface area contributed by atoms with Gasteiger partial charge < -0.3 is 4.74 Å². The largest absolute Gasteiger partial charge is 0.416 e. The molecule has 1 heterocycles. The molecule has 4 rings (SSSR count). The summed E-state index contributed by atoms with van der Waals surface area (Å²) in [6.45, 7) is 1.63. The summed E-state index contributed by atoms with van der Waals surface area (Å²) in [5, 5.41) is 0. The van der Waals surface area contributed by atoms with Gasteiger partial charge in [-0.25, -0.2) is 17.2 Å². The number of carbonyl (C=O) groups excluding carboxylic acids is 1. The van der Waals surface area contributed by atoms with E-state index in [1.54, 1.807) is 0 Å². The maximum absolute atomic E-state index is 13.5. The highest BCUT2D eigenvalue weighted by molar-refractivity contribution is 9.10. The summed E-state index contributed by atoms with van der Waals surface area (Å²) in [5.41, 5.74) is 0.0509. The molecule has 1 aliphatic heterocycles. The van der Waals surface area contributed by atoms with Crippen LogP contribution in [0, 0.1) is 11.6 Å². The van der Waals surface area contributed by atoms with E-state index < -0.39 is 38.2 Å². The second kappa shape index (κ2) is 11.9. The molecule has 0 bridgehead atoms. The fraction of sp³-hybridized carbons (Fsp3) is 0.269. The number of rotatable bonds is 4. The van der Waals surface area contributed by atoms with Gasteiger partial charge in [0.25, 0.3) is 0 Å². The van der Waals surface area contributed by atoms with Crippen molar-refractivity contribution in [3.8, 4) is 0 Å². The number of aldehydes is 1. The number of carbonyl (C=O) groups is 1. The molecule has 1 fully saturated rings. The lowest BCUT2D eigenvalue weighted by Crippen LogP contribution is -2.42. The van der Waals surface area contributed by atoms with E-state index in [1.165, 1.54) is 49.4 Å². The fourth-order valence-electron chi connectivity index (χ4n) is 3.85. The Morgan fingerprint density at radius 3 is 2.18 bits per heavy atom. The Morgan fingerprint density at radius 2 is 1.61 bits per heavy atom. The van der Waals surface area contributed by atoms with Gasteiger partial charge in [-0.3, -0.25) is 4.79 Å². The molecule has 4 nitrogen and oxygen atoms in total.